The van der Waals surface area contributed by atoms with E-state index in [9.17, 15) is 4.79 Å². The average Bonchev–Trinajstić information content (AvgIpc) is 3.21. The third-order valence-electron chi connectivity index (χ3n) is 4.06. The number of benzene rings is 2. The average molecular weight is 349 g/mol. The summed E-state index contributed by atoms with van der Waals surface area (Å²) in [6.07, 6.45) is 1.73. The number of para-hydroxylation sites is 1. The number of rotatable bonds is 7. The van der Waals surface area contributed by atoms with Gasteiger partial charge in [0.1, 0.15) is 5.57 Å². The maximum absolute atomic E-state index is 12.7. The fraction of sp³-hybridized carbons (Fsp3) is 0.238. The molecular weight excluding hydrogens is 326 g/mol. The van der Waals surface area contributed by atoms with Gasteiger partial charge >= 0.3 is 5.97 Å². The highest BCUT2D eigenvalue weighted by atomic mass is 16.5. The van der Waals surface area contributed by atoms with Crippen LogP contribution in [0, 0.1) is 0 Å². The number of hydrogen-bond acceptors (Lipinski definition) is 5. The van der Waals surface area contributed by atoms with Gasteiger partial charge in [0.15, 0.2) is 0 Å². The molecule has 0 unspecified atom stereocenters. The SMILES string of the molecule is CCOC(=O)/C(C1=NCCC1)=C(/NNc1ccccc1)c1ccccc1. The normalized spacial score (nSPS) is 14.3. The first-order valence-corrected chi connectivity index (χ1v) is 8.87. The molecule has 0 spiro atoms. The minimum Gasteiger partial charge on any atom is -0.462 e. The maximum Gasteiger partial charge on any atom is 0.342 e. The zero-order valence-electron chi connectivity index (χ0n) is 14.9. The lowest BCUT2D eigenvalue weighted by atomic mass is 10.0. The van der Waals surface area contributed by atoms with E-state index < -0.39 is 0 Å². The number of aliphatic imine (C=N–C) groups is 1. The van der Waals surface area contributed by atoms with Gasteiger partial charge in [0.2, 0.25) is 0 Å². The Morgan fingerprint density at radius 1 is 1.08 bits per heavy atom. The van der Waals surface area contributed by atoms with Crippen molar-refractivity contribution in [3.63, 3.8) is 0 Å². The summed E-state index contributed by atoms with van der Waals surface area (Å²) >= 11 is 0. The van der Waals surface area contributed by atoms with E-state index in [2.05, 4.69) is 15.8 Å². The van der Waals surface area contributed by atoms with Crippen molar-refractivity contribution in [1.29, 1.82) is 0 Å². The summed E-state index contributed by atoms with van der Waals surface area (Å²) in [6.45, 7) is 2.88. The molecule has 2 N–H and O–H groups in total. The second-order valence-corrected chi connectivity index (χ2v) is 5.88. The van der Waals surface area contributed by atoms with Gasteiger partial charge in [-0.2, -0.15) is 0 Å². The molecule has 0 saturated carbocycles. The summed E-state index contributed by atoms with van der Waals surface area (Å²) in [5.74, 6) is -0.352. The van der Waals surface area contributed by atoms with Gasteiger partial charge < -0.3 is 10.2 Å². The van der Waals surface area contributed by atoms with Gasteiger partial charge in [0.25, 0.3) is 0 Å². The van der Waals surface area contributed by atoms with E-state index in [0.717, 1.165) is 36.3 Å². The Hall–Kier alpha value is -3.08. The summed E-state index contributed by atoms with van der Waals surface area (Å²) in [4.78, 5) is 17.3. The number of esters is 1. The Morgan fingerprint density at radius 2 is 1.77 bits per heavy atom. The van der Waals surface area contributed by atoms with Crippen molar-refractivity contribution in [1.82, 2.24) is 5.43 Å². The summed E-state index contributed by atoms with van der Waals surface area (Å²) in [7, 11) is 0. The van der Waals surface area contributed by atoms with Crippen LogP contribution in [0.5, 0.6) is 0 Å². The number of carbonyl (C=O) groups is 1. The second kappa shape index (κ2) is 8.85. The number of hydrazine groups is 1. The third-order valence-corrected chi connectivity index (χ3v) is 4.06. The predicted octanol–water partition coefficient (Wildman–Crippen LogP) is 3.81. The molecule has 0 radical (unpaired) electrons. The fourth-order valence-corrected chi connectivity index (χ4v) is 2.85. The van der Waals surface area contributed by atoms with E-state index in [1.807, 2.05) is 67.6 Å². The van der Waals surface area contributed by atoms with Crippen molar-refractivity contribution >= 4 is 23.1 Å². The standard InChI is InChI=1S/C21H23N3O2/c1-2-26-21(25)19(18-14-9-15-22-18)20(16-10-5-3-6-11-16)24-23-17-12-7-4-8-13-17/h3-8,10-13,23-24H,2,9,14-15H2,1H3/b20-19+. The van der Waals surface area contributed by atoms with Gasteiger partial charge in [0, 0.05) is 12.1 Å². The van der Waals surface area contributed by atoms with Crippen molar-refractivity contribution in [3.8, 4) is 0 Å². The van der Waals surface area contributed by atoms with Gasteiger partial charge in [-0.25, -0.2) is 4.79 Å². The first-order chi connectivity index (χ1) is 12.8. The molecule has 5 nitrogen and oxygen atoms in total. The minimum atomic E-state index is -0.352. The van der Waals surface area contributed by atoms with E-state index >= 15 is 0 Å². The minimum absolute atomic E-state index is 0.323. The molecule has 0 fully saturated rings. The summed E-state index contributed by atoms with van der Waals surface area (Å²) < 4.78 is 5.33. The molecule has 0 amide bonds. The lowest BCUT2D eigenvalue weighted by Crippen LogP contribution is -2.27. The van der Waals surface area contributed by atoms with E-state index in [4.69, 9.17) is 4.74 Å². The Balaban J connectivity index is 2.02. The van der Waals surface area contributed by atoms with Gasteiger partial charge in [-0.3, -0.25) is 10.4 Å². The zero-order valence-corrected chi connectivity index (χ0v) is 14.9. The van der Waals surface area contributed by atoms with E-state index in [1.165, 1.54) is 0 Å². The molecule has 1 aliphatic heterocycles. The van der Waals surface area contributed by atoms with E-state index in [-0.39, 0.29) is 5.97 Å². The molecule has 3 rings (SSSR count). The van der Waals surface area contributed by atoms with Crippen molar-refractivity contribution in [2.24, 2.45) is 4.99 Å². The zero-order chi connectivity index (χ0) is 18.2. The van der Waals surface area contributed by atoms with Crippen LogP contribution < -0.4 is 10.9 Å². The number of hydrogen-bond donors (Lipinski definition) is 2. The fourth-order valence-electron chi connectivity index (χ4n) is 2.85. The number of nitrogens with zero attached hydrogens (tertiary/aromatic N) is 1. The first-order valence-electron chi connectivity index (χ1n) is 8.87. The molecule has 0 aromatic heterocycles. The van der Waals surface area contributed by atoms with Crippen LogP contribution in [-0.4, -0.2) is 24.8 Å². The molecule has 1 heterocycles. The van der Waals surface area contributed by atoms with Crippen LogP contribution in [0.15, 0.2) is 71.2 Å². The highest BCUT2D eigenvalue weighted by Crippen LogP contribution is 2.23. The largest absolute Gasteiger partial charge is 0.462 e. The molecule has 0 aliphatic carbocycles. The van der Waals surface area contributed by atoms with Crippen LogP contribution in [0.25, 0.3) is 5.70 Å². The number of nitrogens with one attached hydrogen (secondary N) is 2. The lowest BCUT2D eigenvalue weighted by Gasteiger charge is -2.18. The number of ether oxygens (including phenoxy) is 1. The summed E-state index contributed by atoms with van der Waals surface area (Å²) in [5.41, 5.74) is 10.2. The van der Waals surface area contributed by atoms with Crippen LogP contribution in [0.4, 0.5) is 5.69 Å². The molecule has 2 aromatic carbocycles. The molecular formula is C21H23N3O2. The highest BCUT2D eigenvalue weighted by molar-refractivity contribution is 6.25. The summed E-state index contributed by atoms with van der Waals surface area (Å²) in [5, 5.41) is 0. The van der Waals surface area contributed by atoms with E-state index in [1.54, 1.807) is 0 Å². The number of carbonyl (C=O) groups excluding carboxylic acids is 1. The molecule has 0 saturated heterocycles. The molecule has 26 heavy (non-hydrogen) atoms. The third kappa shape index (κ3) is 4.30. The summed E-state index contributed by atoms with van der Waals surface area (Å²) in [6, 6.07) is 19.5. The highest BCUT2D eigenvalue weighted by Gasteiger charge is 2.25. The van der Waals surface area contributed by atoms with Crippen LogP contribution in [-0.2, 0) is 9.53 Å². The van der Waals surface area contributed by atoms with E-state index in [0.29, 0.717) is 17.9 Å². The van der Waals surface area contributed by atoms with Crippen LogP contribution in [0.3, 0.4) is 0 Å². The van der Waals surface area contributed by atoms with Crippen molar-refractivity contribution in [3.05, 3.63) is 71.8 Å². The molecule has 0 bridgehead atoms. The Labute approximate surface area is 153 Å². The molecule has 5 heteroatoms. The van der Waals surface area contributed by atoms with Gasteiger partial charge in [-0.05, 0) is 31.9 Å². The lowest BCUT2D eigenvalue weighted by molar-refractivity contribution is -0.137. The van der Waals surface area contributed by atoms with Gasteiger partial charge in [-0.15, -0.1) is 0 Å². The Bertz CT molecular complexity index is 799. The second-order valence-electron chi connectivity index (χ2n) is 5.88. The molecule has 2 aromatic rings. The first kappa shape index (κ1) is 17.7. The predicted molar refractivity (Wildman–Crippen MR) is 105 cm³/mol. The monoisotopic (exact) mass is 349 g/mol. The van der Waals surface area contributed by atoms with Crippen molar-refractivity contribution in [2.45, 2.75) is 19.8 Å². The molecule has 1 aliphatic rings. The number of anilines is 1. The van der Waals surface area contributed by atoms with Crippen molar-refractivity contribution < 1.29 is 9.53 Å². The van der Waals surface area contributed by atoms with Crippen LogP contribution in [0.2, 0.25) is 0 Å². The Kier molecular flexibility index (Phi) is 6.04. The Morgan fingerprint density at radius 3 is 2.38 bits per heavy atom. The quantitative estimate of drug-likeness (QED) is 0.453. The molecule has 134 valence electrons. The van der Waals surface area contributed by atoms with Gasteiger partial charge in [0.05, 0.1) is 23.7 Å². The van der Waals surface area contributed by atoms with Crippen molar-refractivity contribution in [2.75, 3.05) is 18.6 Å². The van der Waals surface area contributed by atoms with Crippen LogP contribution >= 0.6 is 0 Å². The topological polar surface area (TPSA) is 62.7 Å². The smallest absolute Gasteiger partial charge is 0.342 e. The maximum atomic E-state index is 12.7. The van der Waals surface area contributed by atoms with Gasteiger partial charge in [-0.1, -0.05) is 48.5 Å². The van der Waals surface area contributed by atoms with Crippen LogP contribution in [0.1, 0.15) is 25.3 Å². The molecule has 0 atom stereocenters.